The Morgan fingerprint density at radius 1 is 1.04 bits per heavy atom. The lowest BCUT2D eigenvalue weighted by Gasteiger charge is -2.22. The molecule has 0 aliphatic carbocycles. The molecule has 23 heavy (non-hydrogen) atoms. The van der Waals surface area contributed by atoms with Crippen molar-refractivity contribution >= 4 is 5.91 Å². The predicted octanol–water partition coefficient (Wildman–Crippen LogP) is 2.30. The SMILES string of the molecule is COc1cc(OC)cc(C(=O)N(CCN)Cc2ccccc2)c1. The zero-order valence-electron chi connectivity index (χ0n) is 13.5. The van der Waals surface area contributed by atoms with Crippen molar-refractivity contribution in [1.82, 2.24) is 4.90 Å². The van der Waals surface area contributed by atoms with Crippen molar-refractivity contribution in [3.05, 3.63) is 59.7 Å². The number of benzene rings is 2. The Balaban J connectivity index is 2.26. The van der Waals surface area contributed by atoms with Gasteiger partial charge in [-0.25, -0.2) is 0 Å². The summed E-state index contributed by atoms with van der Waals surface area (Å²) in [5.41, 5.74) is 7.25. The number of methoxy groups -OCH3 is 2. The van der Waals surface area contributed by atoms with Crippen molar-refractivity contribution in [1.29, 1.82) is 0 Å². The van der Waals surface area contributed by atoms with E-state index < -0.39 is 0 Å². The number of hydrogen-bond donors (Lipinski definition) is 1. The van der Waals surface area contributed by atoms with Crippen molar-refractivity contribution in [3.8, 4) is 11.5 Å². The molecule has 0 spiro atoms. The first-order valence-corrected chi connectivity index (χ1v) is 7.44. The van der Waals surface area contributed by atoms with Gasteiger partial charge in [-0.2, -0.15) is 0 Å². The Hall–Kier alpha value is -2.53. The number of nitrogens with zero attached hydrogens (tertiary/aromatic N) is 1. The van der Waals surface area contributed by atoms with Gasteiger partial charge in [-0.3, -0.25) is 4.79 Å². The van der Waals surface area contributed by atoms with Crippen LogP contribution in [0.15, 0.2) is 48.5 Å². The van der Waals surface area contributed by atoms with Crippen LogP contribution >= 0.6 is 0 Å². The first kappa shape index (κ1) is 16.8. The van der Waals surface area contributed by atoms with E-state index in [4.69, 9.17) is 15.2 Å². The zero-order valence-corrected chi connectivity index (χ0v) is 13.5. The van der Waals surface area contributed by atoms with Gasteiger partial charge in [0.25, 0.3) is 5.91 Å². The van der Waals surface area contributed by atoms with Gasteiger partial charge in [0.2, 0.25) is 0 Å². The van der Waals surface area contributed by atoms with Crippen molar-refractivity contribution in [2.24, 2.45) is 5.73 Å². The van der Waals surface area contributed by atoms with Crippen LogP contribution in [0.5, 0.6) is 11.5 Å². The molecule has 0 saturated carbocycles. The van der Waals surface area contributed by atoms with E-state index in [1.165, 1.54) is 0 Å². The molecule has 2 rings (SSSR count). The van der Waals surface area contributed by atoms with Crippen LogP contribution in [0.1, 0.15) is 15.9 Å². The molecule has 0 aliphatic heterocycles. The summed E-state index contributed by atoms with van der Waals surface area (Å²) < 4.78 is 10.5. The largest absolute Gasteiger partial charge is 0.497 e. The van der Waals surface area contributed by atoms with Crippen LogP contribution in [0.4, 0.5) is 0 Å². The molecule has 122 valence electrons. The van der Waals surface area contributed by atoms with Gasteiger partial charge in [0.15, 0.2) is 0 Å². The summed E-state index contributed by atoms with van der Waals surface area (Å²) in [5.74, 6) is 1.07. The summed E-state index contributed by atoms with van der Waals surface area (Å²) in [5, 5.41) is 0. The van der Waals surface area contributed by atoms with Gasteiger partial charge in [0.05, 0.1) is 14.2 Å². The standard InChI is InChI=1S/C18H22N2O3/c1-22-16-10-15(11-17(12-16)23-2)18(21)20(9-8-19)13-14-6-4-3-5-7-14/h3-7,10-12H,8-9,13,19H2,1-2H3. The molecule has 5 heteroatoms. The number of rotatable bonds is 7. The topological polar surface area (TPSA) is 64.8 Å². The molecule has 0 bridgehead atoms. The number of amides is 1. The fourth-order valence-electron chi connectivity index (χ4n) is 2.33. The van der Waals surface area contributed by atoms with E-state index >= 15 is 0 Å². The summed E-state index contributed by atoms with van der Waals surface area (Å²) in [7, 11) is 3.12. The first-order valence-electron chi connectivity index (χ1n) is 7.44. The van der Waals surface area contributed by atoms with Crippen LogP contribution in [0.25, 0.3) is 0 Å². The molecular weight excluding hydrogens is 292 g/mol. The maximum absolute atomic E-state index is 12.8. The second kappa shape index (κ2) is 8.19. The van der Waals surface area contributed by atoms with Gasteiger partial charge in [0, 0.05) is 31.3 Å². The summed E-state index contributed by atoms with van der Waals surface area (Å²) in [6.07, 6.45) is 0. The summed E-state index contributed by atoms with van der Waals surface area (Å²) >= 11 is 0. The summed E-state index contributed by atoms with van der Waals surface area (Å²) in [4.78, 5) is 14.6. The van der Waals surface area contributed by atoms with E-state index in [2.05, 4.69) is 0 Å². The fourth-order valence-corrected chi connectivity index (χ4v) is 2.33. The van der Waals surface area contributed by atoms with Crippen molar-refractivity contribution in [2.45, 2.75) is 6.54 Å². The average Bonchev–Trinajstić information content (AvgIpc) is 2.61. The van der Waals surface area contributed by atoms with Gasteiger partial charge in [0.1, 0.15) is 11.5 Å². The molecule has 2 N–H and O–H groups in total. The van der Waals surface area contributed by atoms with Crippen LogP contribution in [-0.2, 0) is 6.54 Å². The molecule has 0 heterocycles. The molecule has 2 aromatic rings. The maximum atomic E-state index is 12.8. The van der Waals surface area contributed by atoms with Crippen LogP contribution in [0, 0.1) is 0 Å². The zero-order chi connectivity index (χ0) is 16.7. The van der Waals surface area contributed by atoms with Gasteiger partial charge in [-0.1, -0.05) is 30.3 Å². The smallest absolute Gasteiger partial charge is 0.254 e. The molecule has 0 aromatic heterocycles. The van der Waals surface area contributed by atoms with Crippen molar-refractivity contribution < 1.29 is 14.3 Å². The number of carbonyl (C=O) groups excluding carboxylic acids is 1. The molecule has 5 nitrogen and oxygen atoms in total. The Kier molecular flexibility index (Phi) is 6.00. The molecular formula is C18H22N2O3. The van der Waals surface area contributed by atoms with Crippen molar-refractivity contribution in [2.75, 3.05) is 27.3 Å². The maximum Gasteiger partial charge on any atom is 0.254 e. The van der Waals surface area contributed by atoms with E-state index in [0.717, 1.165) is 5.56 Å². The van der Waals surface area contributed by atoms with Crippen LogP contribution in [0.3, 0.4) is 0 Å². The third-order valence-electron chi connectivity index (χ3n) is 3.50. The molecule has 0 aliphatic rings. The summed E-state index contributed by atoms with van der Waals surface area (Å²) in [6, 6.07) is 15.0. The van der Waals surface area contributed by atoms with Crippen molar-refractivity contribution in [3.63, 3.8) is 0 Å². The van der Waals surface area contributed by atoms with E-state index in [1.807, 2.05) is 30.3 Å². The molecule has 2 aromatic carbocycles. The number of carbonyl (C=O) groups is 1. The lowest BCUT2D eigenvalue weighted by atomic mass is 10.1. The number of ether oxygens (including phenoxy) is 2. The summed E-state index contributed by atoms with van der Waals surface area (Å²) in [6.45, 7) is 1.39. The highest BCUT2D eigenvalue weighted by Crippen LogP contribution is 2.23. The Morgan fingerprint density at radius 2 is 1.65 bits per heavy atom. The minimum atomic E-state index is -0.100. The predicted molar refractivity (Wildman–Crippen MR) is 89.8 cm³/mol. The second-order valence-corrected chi connectivity index (χ2v) is 5.10. The van der Waals surface area contributed by atoms with E-state index in [-0.39, 0.29) is 5.91 Å². The number of nitrogens with two attached hydrogens (primary N) is 1. The second-order valence-electron chi connectivity index (χ2n) is 5.10. The molecule has 0 fully saturated rings. The molecule has 0 unspecified atom stereocenters. The number of hydrogen-bond acceptors (Lipinski definition) is 4. The minimum absolute atomic E-state index is 0.100. The first-order chi connectivity index (χ1) is 11.2. The molecule has 0 radical (unpaired) electrons. The van der Waals surface area contributed by atoms with Gasteiger partial charge < -0.3 is 20.1 Å². The highest BCUT2D eigenvalue weighted by Gasteiger charge is 2.17. The third-order valence-corrected chi connectivity index (χ3v) is 3.50. The quantitative estimate of drug-likeness (QED) is 0.852. The lowest BCUT2D eigenvalue weighted by molar-refractivity contribution is 0.0747. The Labute approximate surface area is 136 Å². The van der Waals surface area contributed by atoms with Crippen LogP contribution in [0.2, 0.25) is 0 Å². The minimum Gasteiger partial charge on any atom is -0.497 e. The van der Waals surface area contributed by atoms with E-state index in [9.17, 15) is 4.79 Å². The Morgan fingerprint density at radius 3 is 2.17 bits per heavy atom. The van der Waals surface area contributed by atoms with Crippen LogP contribution < -0.4 is 15.2 Å². The lowest BCUT2D eigenvalue weighted by Crippen LogP contribution is -2.34. The van der Waals surface area contributed by atoms with Gasteiger partial charge in [-0.05, 0) is 17.7 Å². The normalized spacial score (nSPS) is 10.2. The van der Waals surface area contributed by atoms with Gasteiger partial charge >= 0.3 is 0 Å². The Bertz CT molecular complexity index is 622. The van der Waals surface area contributed by atoms with Crippen LogP contribution in [-0.4, -0.2) is 38.1 Å². The fraction of sp³-hybridized carbons (Fsp3) is 0.278. The van der Waals surface area contributed by atoms with E-state index in [1.54, 1.807) is 37.3 Å². The molecule has 0 atom stereocenters. The third kappa shape index (κ3) is 4.47. The monoisotopic (exact) mass is 314 g/mol. The highest BCUT2D eigenvalue weighted by atomic mass is 16.5. The molecule has 0 saturated heterocycles. The van der Waals surface area contributed by atoms with E-state index in [0.29, 0.717) is 36.7 Å². The molecule has 1 amide bonds. The highest BCUT2D eigenvalue weighted by molar-refractivity contribution is 5.95. The average molecular weight is 314 g/mol. The van der Waals surface area contributed by atoms with Gasteiger partial charge in [-0.15, -0.1) is 0 Å².